The number of rotatable bonds is 6. The lowest BCUT2D eigenvalue weighted by Gasteiger charge is -2.17. The first-order valence-corrected chi connectivity index (χ1v) is 6.83. The monoisotopic (exact) mass is 249 g/mol. The molecule has 2 N–H and O–H groups in total. The zero-order valence-electron chi connectivity index (χ0n) is 11.4. The minimum atomic E-state index is 0.927. The molecule has 5 heteroatoms. The molecule has 0 radical (unpaired) electrons. The van der Waals surface area contributed by atoms with Crippen LogP contribution < -0.4 is 10.6 Å². The van der Waals surface area contributed by atoms with Crippen LogP contribution in [0, 0.1) is 0 Å². The van der Waals surface area contributed by atoms with Crippen molar-refractivity contribution in [1.29, 1.82) is 0 Å². The van der Waals surface area contributed by atoms with Crippen LogP contribution in [-0.2, 0) is 6.42 Å². The van der Waals surface area contributed by atoms with Gasteiger partial charge in [-0.2, -0.15) is 0 Å². The van der Waals surface area contributed by atoms with Crippen LogP contribution in [0.4, 0.5) is 11.6 Å². The maximum absolute atomic E-state index is 4.34. The fraction of sp³-hybridized carbons (Fsp3) is 0.692. The van der Waals surface area contributed by atoms with Crippen molar-refractivity contribution in [2.75, 3.05) is 43.9 Å². The van der Waals surface area contributed by atoms with E-state index in [1.165, 1.54) is 31.5 Å². The van der Waals surface area contributed by atoms with E-state index >= 15 is 0 Å². The second kappa shape index (κ2) is 6.54. The van der Waals surface area contributed by atoms with Gasteiger partial charge in [-0.25, -0.2) is 9.97 Å². The number of likely N-dealkylation sites (tertiary alicyclic amines) is 1. The van der Waals surface area contributed by atoms with Crippen LogP contribution in [0.15, 0.2) is 6.33 Å². The van der Waals surface area contributed by atoms with Crippen molar-refractivity contribution in [1.82, 2.24) is 14.9 Å². The third-order valence-corrected chi connectivity index (χ3v) is 3.45. The van der Waals surface area contributed by atoms with E-state index in [2.05, 4.69) is 32.4 Å². The first-order chi connectivity index (χ1) is 8.85. The first kappa shape index (κ1) is 13.1. The van der Waals surface area contributed by atoms with Crippen molar-refractivity contribution < 1.29 is 0 Å². The van der Waals surface area contributed by atoms with Crippen LogP contribution in [0.2, 0.25) is 0 Å². The molecular weight excluding hydrogens is 226 g/mol. The normalized spacial score (nSPS) is 15.9. The van der Waals surface area contributed by atoms with Gasteiger partial charge >= 0.3 is 0 Å². The zero-order chi connectivity index (χ0) is 12.8. The molecule has 0 atom stereocenters. The predicted molar refractivity (Wildman–Crippen MR) is 75.1 cm³/mol. The second-order valence-corrected chi connectivity index (χ2v) is 4.63. The van der Waals surface area contributed by atoms with Crippen LogP contribution in [0.3, 0.4) is 0 Å². The average Bonchev–Trinajstić information content (AvgIpc) is 2.91. The summed E-state index contributed by atoms with van der Waals surface area (Å²) in [7, 11) is 1.90. The standard InChI is InChI=1S/C13H23N5/c1-3-11-12(14-2)16-10-17-13(11)15-6-9-18-7-4-5-8-18/h10H,3-9H2,1-2H3,(H2,14,15,16,17). The highest BCUT2D eigenvalue weighted by molar-refractivity contribution is 5.57. The molecule has 0 amide bonds. The van der Waals surface area contributed by atoms with E-state index in [-0.39, 0.29) is 0 Å². The minimum Gasteiger partial charge on any atom is -0.373 e. The molecule has 1 aromatic heterocycles. The molecule has 2 heterocycles. The molecule has 5 nitrogen and oxygen atoms in total. The van der Waals surface area contributed by atoms with Gasteiger partial charge in [0.05, 0.1) is 0 Å². The molecule has 2 rings (SSSR count). The van der Waals surface area contributed by atoms with Gasteiger partial charge in [-0.05, 0) is 32.4 Å². The van der Waals surface area contributed by atoms with Gasteiger partial charge in [0.15, 0.2) is 0 Å². The highest BCUT2D eigenvalue weighted by atomic mass is 15.2. The Morgan fingerprint density at radius 2 is 1.94 bits per heavy atom. The van der Waals surface area contributed by atoms with Gasteiger partial charge in [0, 0.05) is 25.7 Å². The Bertz CT molecular complexity index is 374. The third-order valence-electron chi connectivity index (χ3n) is 3.45. The van der Waals surface area contributed by atoms with E-state index in [9.17, 15) is 0 Å². The topological polar surface area (TPSA) is 53.1 Å². The van der Waals surface area contributed by atoms with Crippen LogP contribution in [0.5, 0.6) is 0 Å². The van der Waals surface area contributed by atoms with E-state index < -0.39 is 0 Å². The average molecular weight is 249 g/mol. The van der Waals surface area contributed by atoms with Gasteiger partial charge in [0.1, 0.15) is 18.0 Å². The molecule has 0 saturated carbocycles. The lowest BCUT2D eigenvalue weighted by atomic mass is 10.2. The fourth-order valence-corrected chi connectivity index (χ4v) is 2.45. The number of nitrogens with zero attached hydrogens (tertiary/aromatic N) is 3. The summed E-state index contributed by atoms with van der Waals surface area (Å²) < 4.78 is 0. The minimum absolute atomic E-state index is 0.927. The van der Waals surface area contributed by atoms with Gasteiger partial charge in [-0.15, -0.1) is 0 Å². The van der Waals surface area contributed by atoms with Gasteiger partial charge in [0.25, 0.3) is 0 Å². The van der Waals surface area contributed by atoms with Gasteiger partial charge in [-0.3, -0.25) is 0 Å². The van der Waals surface area contributed by atoms with E-state index in [4.69, 9.17) is 0 Å². The first-order valence-electron chi connectivity index (χ1n) is 6.83. The lowest BCUT2D eigenvalue weighted by Crippen LogP contribution is -2.26. The smallest absolute Gasteiger partial charge is 0.134 e. The second-order valence-electron chi connectivity index (χ2n) is 4.63. The molecule has 1 aliphatic rings. The molecule has 1 aromatic rings. The van der Waals surface area contributed by atoms with Crippen molar-refractivity contribution in [2.45, 2.75) is 26.2 Å². The van der Waals surface area contributed by atoms with Gasteiger partial charge in [0.2, 0.25) is 0 Å². The lowest BCUT2D eigenvalue weighted by molar-refractivity contribution is 0.352. The summed E-state index contributed by atoms with van der Waals surface area (Å²) in [4.78, 5) is 11.1. The van der Waals surface area contributed by atoms with E-state index in [0.29, 0.717) is 0 Å². The van der Waals surface area contributed by atoms with Crippen molar-refractivity contribution in [3.8, 4) is 0 Å². The molecule has 100 valence electrons. The number of hydrogen-bond acceptors (Lipinski definition) is 5. The number of aromatic nitrogens is 2. The Labute approximate surface area is 109 Å². The SMILES string of the molecule is CCc1c(NC)ncnc1NCCN1CCCC1. The molecule has 0 unspecified atom stereocenters. The van der Waals surface area contributed by atoms with Crippen molar-refractivity contribution >= 4 is 11.6 Å². The molecule has 0 aliphatic carbocycles. The van der Waals surface area contributed by atoms with E-state index in [0.717, 1.165) is 31.1 Å². The van der Waals surface area contributed by atoms with E-state index in [1.54, 1.807) is 6.33 Å². The Hall–Kier alpha value is -1.36. The van der Waals surface area contributed by atoms with Crippen LogP contribution in [0.25, 0.3) is 0 Å². The predicted octanol–water partition coefficient (Wildman–Crippen LogP) is 1.59. The summed E-state index contributed by atoms with van der Waals surface area (Å²) in [5.74, 6) is 1.90. The Morgan fingerprint density at radius 1 is 1.22 bits per heavy atom. The van der Waals surface area contributed by atoms with Crippen molar-refractivity contribution in [2.24, 2.45) is 0 Å². The molecule has 1 saturated heterocycles. The third kappa shape index (κ3) is 3.10. The molecular formula is C13H23N5. The fourth-order valence-electron chi connectivity index (χ4n) is 2.45. The van der Waals surface area contributed by atoms with Crippen LogP contribution >= 0.6 is 0 Å². The summed E-state index contributed by atoms with van der Waals surface area (Å²) in [6, 6.07) is 0. The van der Waals surface area contributed by atoms with Crippen molar-refractivity contribution in [3.63, 3.8) is 0 Å². The quantitative estimate of drug-likeness (QED) is 0.802. The Kier molecular flexibility index (Phi) is 4.75. The highest BCUT2D eigenvalue weighted by Crippen LogP contribution is 2.19. The summed E-state index contributed by atoms with van der Waals surface area (Å²) in [6.07, 6.45) is 5.24. The molecule has 18 heavy (non-hydrogen) atoms. The van der Waals surface area contributed by atoms with Crippen LogP contribution in [-0.4, -0.2) is 48.1 Å². The summed E-state index contributed by atoms with van der Waals surface area (Å²) in [6.45, 7) is 6.67. The number of anilines is 2. The van der Waals surface area contributed by atoms with Crippen LogP contribution in [0.1, 0.15) is 25.3 Å². The summed E-state index contributed by atoms with van der Waals surface area (Å²) in [5, 5.41) is 6.55. The molecule has 0 spiro atoms. The van der Waals surface area contributed by atoms with Gasteiger partial charge < -0.3 is 15.5 Å². The molecule has 1 aliphatic heterocycles. The maximum atomic E-state index is 4.34. The summed E-state index contributed by atoms with van der Waals surface area (Å²) >= 11 is 0. The molecule has 0 aromatic carbocycles. The molecule has 0 bridgehead atoms. The Morgan fingerprint density at radius 3 is 2.61 bits per heavy atom. The number of hydrogen-bond donors (Lipinski definition) is 2. The highest BCUT2D eigenvalue weighted by Gasteiger charge is 2.12. The number of nitrogens with one attached hydrogen (secondary N) is 2. The maximum Gasteiger partial charge on any atom is 0.134 e. The molecule has 1 fully saturated rings. The largest absolute Gasteiger partial charge is 0.373 e. The van der Waals surface area contributed by atoms with Crippen molar-refractivity contribution in [3.05, 3.63) is 11.9 Å². The summed E-state index contributed by atoms with van der Waals surface area (Å²) in [5.41, 5.74) is 1.17. The van der Waals surface area contributed by atoms with E-state index in [1.807, 2.05) is 7.05 Å². The van der Waals surface area contributed by atoms with Gasteiger partial charge in [-0.1, -0.05) is 6.92 Å². The zero-order valence-corrected chi connectivity index (χ0v) is 11.4. The Balaban J connectivity index is 1.91.